The lowest BCUT2D eigenvalue weighted by atomic mass is 10.1. The van der Waals surface area contributed by atoms with Crippen LogP contribution in [0.3, 0.4) is 0 Å². The third-order valence-electron chi connectivity index (χ3n) is 5.85. The summed E-state index contributed by atoms with van der Waals surface area (Å²) < 4.78 is 59.1. The second-order valence-electron chi connectivity index (χ2n) is 8.37. The van der Waals surface area contributed by atoms with Gasteiger partial charge in [-0.25, -0.2) is 13.6 Å². The highest BCUT2D eigenvalue weighted by Gasteiger charge is 2.32. The lowest BCUT2D eigenvalue weighted by Gasteiger charge is -2.29. The fourth-order valence-corrected chi connectivity index (χ4v) is 4.15. The number of halogens is 5. The predicted octanol–water partition coefficient (Wildman–Crippen LogP) is 5.37. The molecule has 186 valence electrons. The van der Waals surface area contributed by atoms with Crippen LogP contribution in [0.4, 0.5) is 28.0 Å². The normalized spacial score (nSPS) is 15.9. The van der Waals surface area contributed by atoms with E-state index in [1.165, 1.54) is 29.2 Å². The average Bonchev–Trinajstić information content (AvgIpc) is 3.49. The Hall–Kier alpha value is -3.18. The molecule has 1 aromatic heterocycles. The van der Waals surface area contributed by atoms with Crippen molar-refractivity contribution in [2.45, 2.75) is 25.4 Å². The van der Waals surface area contributed by atoms with Crippen molar-refractivity contribution in [1.29, 1.82) is 0 Å². The molecule has 0 saturated carbocycles. The quantitative estimate of drug-likeness (QED) is 0.416. The summed E-state index contributed by atoms with van der Waals surface area (Å²) in [5.74, 6) is -2.41. The van der Waals surface area contributed by atoms with Gasteiger partial charge in [-0.3, -0.25) is 4.90 Å². The van der Waals surface area contributed by atoms with Crippen molar-refractivity contribution in [1.82, 2.24) is 20.0 Å². The van der Waals surface area contributed by atoms with E-state index in [9.17, 15) is 18.0 Å². The van der Waals surface area contributed by atoms with Gasteiger partial charge in [-0.05, 0) is 50.8 Å². The van der Waals surface area contributed by atoms with E-state index in [0.29, 0.717) is 13.1 Å². The van der Waals surface area contributed by atoms with Gasteiger partial charge in [0.25, 0.3) is 5.89 Å². The van der Waals surface area contributed by atoms with E-state index < -0.39 is 30.0 Å². The van der Waals surface area contributed by atoms with Gasteiger partial charge in [0.15, 0.2) is 0 Å². The number of hydrogen-bond acceptors (Lipinski definition) is 5. The molecule has 12 heteroatoms. The molecular formula is C23H22ClF4N5O2. The molecule has 4 rings (SSSR count). The number of aromatic nitrogens is 2. The maximum absolute atomic E-state index is 15.1. The molecular weight excluding hydrogens is 490 g/mol. The van der Waals surface area contributed by atoms with Crippen LogP contribution in [0.5, 0.6) is 0 Å². The Morgan fingerprint density at radius 2 is 1.97 bits per heavy atom. The van der Waals surface area contributed by atoms with E-state index in [1.807, 2.05) is 19.0 Å². The Morgan fingerprint density at radius 3 is 2.57 bits per heavy atom. The molecule has 0 radical (unpaired) electrons. The number of alkyl halides is 2. The van der Waals surface area contributed by atoms with Crippen molar-refractivity contribution in [3.8, 4) is 11.5 Å². The fraction of sp³-hybridized carbons (Fsp3) is 0.348. The molecule has 1 aliphatic heterocycles. The van der Waals surface area contributed by atoms with E-state index in [2.05, 4.69) is 10.2 Å². The number of likely N-dealkylation sites (N-methyl/N-ethyl adjacent to an activating group) is 1. The number of rotatable bonds is 6. The molecule has 1 saturated heterocycles. The van der Waals surface area contributed by atoms with Crippen LogP contribution in [0.1, 0.15) is 24.3 Å². The van der Waals surface area contributed by atoms with Crippen molar-refractivity contribution < 1.29 is 26.8 Å². The Kier molecular flexibility index (Phi) is 7.27. The zero-order chi connectivity index (χ0) is 25.3. The van der Waals surface area contributed by atoms with Gasteiger partial charge in [0, 0.05) is 30.3 Å². The summed E-state index contributed by atoms with van der Waals surface area (Å²) in [5.41, 5.74) is 0.462. The van der Waals surface area contributed by atoms with Crippen LogP contribution in [0, 0.1) is 11.6 Å². The molecule has 0 bridgehead atoms. The summed E-state index contributed by atoms with van der Waals surface area (Å²) in [6, 6.07) is 7.27. The molecule has 0 N–H and O–H groups in total. The maximum Gasteiger partial charge on any atom is 0.324 e. The molecule has 2 aromatic carbocycles. The Bertz CT molecular complexity index is 1220. The van der Waals surface area contributed by atoms with Gasteiger partial charge in [0.1, 0.15) is 11.6 Å². The number of anilines is 1. The summed E-state index contributed by atoms with van der Waals surface area (Å²) >= 11 is 6.25. The number of carbonyl (C=O) groups excluding carboxylic acids is 1. The van der Waals surface area contributed by atoms with E-state index in [-0.39, 0.29) is 40.3 Å². The minimum absolute atomic E-state index is 0.00382. The average molecular weight is 512 g/mol. The van der Waals surface area contributed by atoms with Gasteiger partial charge in [0.05, 0.1) is 17.3 Å². The molecule has 3 aromatic rings. The van der Waals surface area contributed by atoms with Crippen LogP contribution >= 0.6 is 11.6 Å². The van der Waals surface area contributed by atoms with Crippen molar-refractivity contribution in [2.24, 2.45) is 0 Å². The van der Waals surface area contributed by atoms with Crippen LogP contribution < -0.4 is 4.90 Å². The first-order valence-corrected chi connectivity index (χ1v) is 11.1. The largest absolute Gasteiger partial charge is 0.415 e. The van der Waals surface area contributed by atoms with Crippen molar-refractivity contribution >= 4 is 23.3 Å². The Labute approximate surface area is 203 Å². The first-order chi connectivity index (χ1) is 16.6. The SMILES string of the molecule is CN(C)[C@@H]1CCN(C(=O)N(Cc2ccc(-c3nnc(C(F)F)o3)cc2F)c2ccc(F)cc2Cl)C1. The van der Waals surface area contributed by atoms with Crippen LogP contribution in [-0.2, 0) is 6.54 Å². The topological polar surface area (TPSA) is 65.7 Å². The number of hydrogen-bond donors (Lipinski definition) is 0. The molecule has 7 nitrogen and oxygen atoms in total. The fourth-order valence-electron chi connectivity index (χ4n) is 3.88. The standard InChI is InChI=1S/C23H22ClF4N5O2/c1-31(2)16-7-8-32(12-16)23(34)33(19-6-5-15(25)10-17(19)24)11-14-4-3-13(9-18(14)26)21-29-30-22(35-21)20(27)28/h3-6,9-10,16,20H,7-8,11-12H2,1-2H3/t16-/m1/s1. The zero-order valence-electron chi connectivity index (χ0n) is 18.9. The third-order valence-corrected chi connectivity index (χ3v) is 6.15. The second-order valence-corrected chi connectivity index (χ2v) is 8.78. The Morgan fingerprint density at radius 1 is 1.20 bits per heavy atom. The van der Waals surface area contributed by atoms with Gasteiger partial charge >= 0.3 is 12.5 Å². The zero-order valence-corrected chi connectivity index (χ0v) is 19.6. The smallest absolute Gasteiger partial charge is 0.324 e. The molecule has 2 amide bonds. The highest BCUT2D eigenvalue weighted by molar-refractivity contribution is 6.33. The lowest BCUT2D eigenvalue weighted by Crippen LogP contribution is -2.43. The first kappa shape index (κ1) is 24.9. The van der Waals surface area contributed by atoms with Gasteiger partial charge < -0.3 is 14.2 Å². The number of likely N-dealkylation sites (tertiary alicyclic amines) is 1. The summed E-state index contributed by atoms with van der Waals surface area (Å²) in [4.78, 5) is 18.4. The van der Waals surface area contributed by atoms with Crippen LogP contribution in [-0.4, -0.2) is 59.3 Å². The number of carbonyl (C=O) groups is 1. The second kappa shape index (κ2) is 10.2. The van der Waals surface area contributed by atoms with Gasteiger partial charge in [-0.2, -0.15) is 8.78 Å². The molecule has 0 spiro atoms. The highest BCUT2D eigenvalue weighted by atomic mass is 35.5. The number of nitrogens with zero attached hydrogens (tertiary/aromatic N) is 5. The minimum Gasteiger partial charge on any atom is -0.415 e. The minimum atomic E-state index is -2.95. The summed E-state index contributed by atoms with van der Waals surface area (Å²) in [6.45, 7) is 0.778. The van der Waals surface area contributed by atoms with Crippen molar-refractivity contribution in [3.05, 3.63) is 64.5 Å². The molecule has 1 atom stereocenters. The number of benzene rings is 2. The summed E-state index contributed by atoms with van der Waals surface area (Å²) in [7, 11) is 3.86. The van der Waals surface area contributed by atoms with Crippen LogP contribution in [0.25, 0.3) is 11.5 Å². The predicted molar refractivity (Wildman–Crippen MR) is 121 cm³/mol. The molecule has 35 heavy (non-hydrogen) atoms. The van der Waals surface area contributed by atoms with Crippen LogP contribution in [0.2, 0.25) is 5.02 Å². The Balaban J connectivity index is 1.63. The van der Waals surface area contributed by atoms with E-state index in [0.717, 1.165) is 18.6 Å². The van der Waals surface area contributed by atoms with Crippen molar-refractivity contribution in [3.63, 3.8) is 0 Å². The van der Waals surface area contributed by atoms with Gasteiger partial charge in [-0.15, -0.1) is 10.2 Å². The summed E-state index contributed by atoms with van der Waals surface area (Å²) in [6.07, 6.45) is -2.17. The molecule has 1 aliphatic rings. The van der Waals surface area contributed by atoms with Gasteiger partial charge in [0.2, 0.25) is 5.89 Å². The van der Waals surface area contributed by atoms with E-state index >= 15 is 4.39 Å². The number of urea groups is 1. The number of amides is 2. The first-order valence-electron chi connectivity index (χ1n) is 10.7. The van der Waals surface area contributed by atoms with Crippen LogP contribution in [0.15, 0.2) is 40.8 Å². The molecule has 1 fully saturated rings. The maximum atomic E-state index is 15.1. The third kappa shape index (κ3) is 5.40. The lowest BCUT2D eigenvalue weighted by molar-refractivity contribution is 0.116. The molecule has 0 aliphatic carbocycles. The highest BCUT2D eigenvalue weighted by Crippen LogP contribution is 2.31. The van der Waals surface area contributed by atoms with E-state index in [1.54, 1.807) is 4.90 Å². The van der Waals surface area contributed by atoms with Crippen molar-refractivity contribution in [2.75, 3.05) is 32.1 Å². The molecule has 0 unspecified atom stereocenters. The summed E-state index contributed by atoms with van der Waals surface area (Å²) in [5, 5.41) is 6.76. The van der Waals surface area contributed by atoms with E-state index in [4.69, 9.17) is 16.0 Å². The molecule has 2 heterocycles. The van der Waals surface area contributed by atoms with Gasteiger partial charge in [-0.1, -0.05) is 17.7 Å². The monoisotopic (exact) mass is 511 g/mol.